The Morgan fingerprint density at radius 3 is 1.49 bits per heavy atom. The summed E-state index contributed by atoms with van der Waals surface area (Å²) in [5, 5.41) is 4.05. The molecule has 0 spiro atoms. The van der Waals surface area contributed by atoms with E-state index in [1.54, 1.807) is 0 Å². The van der Waals surface area contributed by atoms with Crippen LogP contribution in [-0.2, 0) is 21.2 Å². The van der Waals surface area contributed by atoms with E-state index in [9.17, 15) is 0 Å². The van der Waals surface area contributed by atoms with Gasteiger partial charge in [0.15, 0.2) is 0 Å². The van der Waals surface area contributed by atoms with E-state index in [-0.39, 0.29) is 34.6 Å². The second-order valence-corrected chi connectivity index (χ2v) is 16.4. The van der Waals surface area contributed by atoms with Crippen molar-refractivity contribution in [2.45, 2.75) is 25.0 Å². The maximum atomic E-state index is 6.68. The Morgan fingerprint density at radius 2 is 0.952 bits per heavy atom. The quantitative estimate of drug-likeness (QED) is 0.174. The second kappa shape index (κ2) is 16.3. The van der Waals surface area contributed by atoms with Gasteiger partial charge >= 0.3 is 16.5 Å². The van der Waals surface area contributed by atoms with Crippen molar-refractivity contribution in [3.05, 3.63) is 198 Å². The minimum atomic E-state index is -0.0852. The molecule has 5 aromatic carbocycles. The fraction of sp³-hybridized carbons (Fsp3) is 0.107. The molecule has 0 saturated carbocycles. The number of fused-ring (bicyclic) bond motifs is 11. The van der Waals surface area contributed by atoms with E-state index in [4.69, 9.17) is 24.7 Å². The van der Waals surface area contributed by atoms with Crippen molar-refractivity contribution >= 4 is 51.6 Å². The average Bonchev–Trinajstić information content (AvgIpc) is 4.18. The van der Waals surface area contributed by atoms with Crippen LogP contribution in [0.2, 0.25) is 0 Å². The van der Waals surface area contributed by atoms with Gasteiger partial charge in [-0.15, -0.1) is 22.1 Å². The zero-order valence-corrected chi connectivity index (χ0v) is 35.3. The molecule has 4 aliphatic rings. The fourth-order valence-electron chi connectivity index (χ4n) is 9.95. The smallest absolute Gasteiger partial charge is 0.657 e. The molecular weight excluding hydrogens is 817 g/mol. The number of aromatic nitrogens is 4. The summed E-state index contributed by atoms with van der Waals surface area (Å²) >= 11 is 0. The molecule has 1 fully saturated rings. The molecule has 1 saturated heterocycles. The molecular formula is C56H41N5NiO. The van der Waals surface area contributed by atoms with Crippen molar-refractivity contribution in [2.75, 3.05) is 11.9 Å². The summed E-state index contributed by atoms with van der Waals surface area (Å²) in [6.45, 7) is 0.750. The SMILES string of the molecule is C1=Cc2nc1c(-c1ccccc1)c1ccc([n-]1)c(-c1ccccc1)c1nc(c(-c3ccccc3)c3ccc([n-]3)c2-c2ccccc2)C([C@@H]2Nc3ccccc3[C@@H]3OCCC[C@H]23)=C1.[Ni+2]. The van der Waals surface area contributed by atoms with Crippen molar-refractivity contribution in [3.8, 4) is 44.5 Å². The number of benzene rings is 5. The third kappa shape index (κ3) is 6.85. The van der Waals surface area contributed by atoms with E-state index < -0.39 is 0 Å². The van der Waals surface area contributed by atoms with Gasteiger partial charge in [0.25, 0.3) is 0 Å². The summed E-state index contributed by atoms with van der Waals surface area (Å²) in [5.74, 6) is 0.186. The Balaban J connectivity index is 0.00000444. The van der Waals surface area contributed by atoms with E-state index in [2.05, 4.69) is 187 Å². The van der Waals surface area contributed by atoms with Crippen LogP contribution in [-0.4, -0.2) is 22.6 Å². The first-order valence-electron chi connectivity index (χ1n) is 21.5. The first-order valence-corrected chi connectivity index (χ1v) is 21.5. The normalized spacial score (nSPS) is 17.5. The van der Waals surface area contributed by atoms with Crippen LogP contribution in [0.5, 0.6) is 0 Å². The fourth-order valence-corrected chi connectivity index (χ4v) is 9.95. The van der Waals surface area contributed by atoms with Gasteiger partial charge in [-0.3, -0.25) is 0 Å². The molecule has 63 heavy (non-hydrogen) atoms. The van der Waals surface area contributed by atoms with Gasteiger partial charge in [0.1, 0.15) is 0 Å². The number of hydrogen-bond donors (Lipinski definition) is 1. The van der Waals surface area contributed by atoms with Gasteiger partial charge in [0, 0.05) is 29.3 Å². The number of rotatable bonds is 5. The Morgan fingerprint density at radius 1 is 0.492 bits per heavy atom. The summed E-state index contributed by atoms with van der Waals surface area (Å²) in [5.41, 5.74) is 18.4. The van der Waals surface area contributed by atoms with Crippen LogP contribution >= 0.6 is 0 Å². The van der Waals surface area contributed by atoms with E-state index in [1.807, 2.05) is 6.07 Å². The van der Waals surface area contributed by atoms with Crippen LogP contribution < -0.4 is 15.3 Å². The first-order chi connectivity index (χ1) is 30.7. The van der Waals surface area contributed by atoms with Crippen LogP contribution in [0.1, 0.15) is 47.3 Å². The summed E-state index contributed by atoms with van der Waals surface area (Å²) in [6, 6.07) is 59.3. The molecule has 3 aromatic heterocycles. The summed E-state index contributed by atoms with van der Waals surface area (Å²) < 4.78 is 6.68. The number of para-hydroxylation sites is 1. The van der Waals surface area contributed by atoms with Crippen molar-refractivity contribution in [1.82, 2.24) is 19.9 Å². The van der Waals surface area contributed by atoms with Gasteiger partial charge in [0.2, 0.25) is 0 Å². The number of nitrogens with one attached hydrogen (secondary N) is 1. The third-order valence-corrected chi connectivity index (χ3v) is 12.7. The van der Waals surface area contributed by atoms with Crippen LogP contribution in [0.15, 0.2) is 170 Å². The summed E-state index contributed by atoms with van der Waals surface area (Å²) in [4.78, 5) is 22.3. The predicted octanol–water partition coefficient (Wildman–Crippen LogP) is 12.9. The molecule has 0 unspecified atom stereocenters. The molecule has 7 heteroatoms. The van der Waals surface area contributed by atoms with E-state index in [1.165, 1.54) is 5.56 Å². The number of hydrogen-bond acceptors (Lipinski definition) is 4. The minimum absolute atomic E-state index is 0. The van der Waals surface area contributed by atoms with Gasteiger partial charge in [-0.25, -0.2) is 9.97 Å². The number of anilines is 1. The maximum Gasteiger partial charge on any atom is 2.00 e. The molecule has 6 nitrogen and oxygen atoms in total. The van der Waals surface area contributed by atoms with Crippen LogP contribution in [0.4, 0.5) is 5.69 Å². The monoisotopic (exact) mass is 857 g/mol. The predicted molar refractivity (Wildman–Crippen MR) is 253 cm³/mol. The van der Waals surface area contributed by atoms with E-state index in [0.717, 1.165) is 120 Å². The van der Waals surface area contributed by atoms with Gasteiger partial charge in [-0.05, 0) is 81.6 Å². The molecule has 0 aliphatic carbocycles. The molecule has 306 valence electrons. The zero-order chi connectivity index (χ0) is 41.0. The Bertz CT molecular complexity index is 3230. The van der Waals surface area contributed by atoms with Crippen LogP contribution in [0, 0.1) is 5.92 Å². The van der Waals surface area contributed by atoms with Crippen LogP contribution in [0.3, 0.4) is 0 Å². The van der Waals surface area contributed by atoms with E-state index >= 15 is 0 Å². The molecule has 1 N–H and O–H groups in total. The molecule has 12 rings (SSSR count). The second-order valence-electron chi connectivity index (χ2n) is 16.4. The molecule has 8 aromatic rings. The van der Waals surface area contributed by atoms with Gasteiger partial charge in [-0.2, -0.15) is 0 Å². The molecule has 0 radical (unpaired) electrons. The van der Waals surface area contributed by atoms with Crippen LogP contribution in [0.25, 0.3) is 90.4 Å². The minimum Gasteiger partial charge on any atom is -0.657 e. The van der Waals surface area contributed by atoms with Gasteiger partial charge in [-0.1, -0.05) is 164 Å². The molecule has 4 aliphatic heterocycles. The van der Waals surface area contributed by atoms with Gasteiger partial charge in [0.05, 0.1) is 34.9 Å². The summed E-state index contributed by atoms with van der Waals surface area (Å²) in [7, 11) is 0. The number of nitrogens with zero attached hydrogens (tertiary/aromatic N) is 4. The van der Waals surface area contributed by atoms with Crippen molar-refractivity contribution in [3.63, 3.8) is 0 Å². The zero-order valence-electron chi connectivity index (χ0n) is 34.3. The topological polar surface area (TPSA) is 75.2 Å². The summed E-state index contributed by atoms with van der Waals surface area (Å²) in [6.07, 6.45) is 8.56. The molecule has 8 bridgehead atoms. The Hall–Kier alpha value is -7.05. The third-order valence-electron chi connectivity index (χ3n) is 12.7. The molecule has 3 atom stereocenters. The van der Waals surface area contributed by atoms with Crippen molar-refractivity contribution in [1.29, 1.82) is 0 Å². The van der Waals surface area contributed by atoms with Crippen molar-refractivity contribution < 1.29 is 21.2 Å². The van der Waals surface area contributed by atoms with Crippen molar-refractivity contribution in [2.24, 2.45) is 5.92 Å². The number of ether oxygens (including phenoxy) is 1. The molecule has 7 heterocycles. The maximum absolute atomic E-state index is 6.68. The largest absolute Gasteiger partial charge is 2.00 e. The standard InChI is InChI=1S/C56H41N5O.Ni/c1-5-16-35(17-6-1)50-43-27-28-44(57-43)51(36-18-7-2-8-19-36)46-31-32-48(59-46)53(38-22-11-4-12-23-38)55-41(54-40-25-15-33-62-56(40)39-24-13-14-26-42(39)60-54)34-49(61-55)52(37-20-9-3-10-21-37)47-30-29-45(50)58-47;/h1-14,16-24,26-32,34,40,54,56,60H,15,25,33H2;/q-2;+2/t40-,54-,56+;/m1./s1. The Labute approximate surface area is 376 Å². The van der Waals surface area contributed by atoms with Gasteiger partial charge < -0.3 is 20.0 Å². The Kier molecular flexibility index (Phi) is 10.1. The van der Waals surface area contributed by atoms with E-state index in [0.29, 0.717) is 0 Å². The first kappa shape index (κ1) is 38.8. The average molecular weight is 859 g/mol. The molecule has 0 amide bonds.